The summed E-state index contributed by atoms with van der Waals surface area (Å²) in [4.78, 5) is 14.4. The molecule has 1 aromatic rings. The lowest BCUT2D eigenvalue weighted by Crippen LogP contribution is -2.49. The van der Waals surface area contributed by atoms with Gasteiger partial charge < -0.3 is 11.1 Å². The Hall–Kier alpha value is -0.170. The van der Waals surface area contributed by atoms with Crippen molar-refractivity contribution < 1.29 is 4.79 Å². The zero-order valence-electron chi connectivity index (χ0n) is 14.3. The van der Waals surface area contributed by atoms with E-state index in [9.17, 15) is 4.79 Å². The van der Waals surface area contributed by atoms with E-state index in [1.807, 2.05) is 24.5 Å². The molecule has 1 fully saturated rings. The molecule has 142 valence electrons. The second-order valence-corrected chi connectivity index (χ2v) is 8.00. The molecule has 4 nitrogen and oxygen atoms in total. The molecule has 25 heavy (non-hydrogen) atoms. The van der Waals surface area contributed by atoms with Crippen molar-refractivity contribution in [3.05, 3.63) is 33.8 Å². The summed E-state index contributed by atoms with van der Waals surface area (Å²) in [6.07, 6.45) is 4.64. The number of nitrogens with zero attached hydrogens (tertiary/aromatic N) is 1. The van der Waals surface area contributed by atoms with Crippen molar-refractivity contribution in [1.29, 1.82) is 0 Å². The third-order valence-corrected chi connectivity index (χ3v) is 5.68. The minimum absolute atomic E-state index is 0. The van der Waals surface area contributed by atoms with Gasteiger partial charge in [0.1, 0.15) is 0 Å². The lowest BCUT2D eigenvalue weighted by Gasteiger charge is -2.33. The Balaban J connectivity index is 0.00000312. The third-order valence-electron chi connectivity index (χ3n) is 4.29. The van der Waals surface area contributed by atoms with Crippen LogP contribution in [-0.4, -0.2) is 48.0 Å². The fourth-order valence-electron chi connectivity index (χ4n) is 2.82. The van der Waals surface area contributed by atoms with E-state index in [2.05, 4.69) is 10.2 Å². The van der Waals surface area contributed by atoms with Gasteiger partial charge in [0.2, 0.25) is 5.91 Å². The normalized spacial score (nSPS) is 17.0. The van der Waals surface area contributed by atoms with Gasteiger partial charge in [-0.05, 0) is 49.0 Å². The minimum Gasteiger partial charge on any atom is -0.352 e. The molecule has 1 aromatic carbocycles. The molecule has 2 rings (SSSR count). The average Bonchev–Trinajstić information content (AvgIpc) is 2.57. The number of carbonyl (C=O) groups excluding carboxylic acids is 1. The molecule has 0 radical (unpaired) electrons. The topological polar surface area (TPSA) is 58.4 Å². The monoisotopic (exact) mass is 425 g/mol. The van der Waals surface area contributed by atoms with E-state index in [1.165, 1.54) is 0 Å². The zero-order chi connectivity index (χ0) is 17.5. The van der Waals surface area contributed by atoms with Crippen LogP contribution in [0.25, 0.3) is 0 Å². The first-order valence-corrected chi connectivity index (χ1v) is 10.4. The Bertz CT molecular complexity index is 554. The highest BCUT2D eigenvalue weighted by Crippen LogP contribution is 2.24. The first-order chi connectivity index (χ1) is 11.5. The van der Waals surface area contributed by atoms with Crippen LogP contribution in [0.1, 0.15) is 24.8 Å². The smallest absolute Gasteiger partial charge is 0.237 e. The van der Waals surface area contributed by atoms with Crippen LogP contribution in [0.5, 0.6) is 0 Å². The van der Waals surface area contributed by atoms with Crippen molar-refractivity contribution in [2.24, 2.45) is 5.73 Å². The molecule has 1 aliphatic rings. The van der Waals surface area contributed by atoms with Crippen LogP contribution in [0.2, 0.25) is 10.0 Å². The average molecular weight is 427 g/mol. The molecule has 0 unspecified atom stereocenters. The Labute approximate surface area is 170 Å². The number of nitrogens with one attached hydrogen (secondary N) is 1. The molecule has 1 heterocycles. The molecule has 0 aromatic heterocycles. The molecule has 0 spiro atoms. The van der Waals surface area contributed by atoms with Gasteiger partial charge in [0.05, 0.1) is 16.1 Å². The molecular formula is C17H26Cl3N3OS. The Morgan fingerprint density at radius 1 is 1.36 bits per heavy atom. The highest BCUT2D eigenvalue weighted by molar-refractivity contribution is 7.98. The van der Waals surface area contributed by atoms with E-state index < -0.39 is 6.04 Å². The molecule has 0 saturated carbocycles. The van der Waals surface area contributed by atoms with Gasteiger partial charge in [-0.2, -0.15) is 11.8 Å². The summed E-state index contributed by atoms with van der Waals surface area (Å²) in [5.41, 5.74) is 7.08. The Morgan fingerprint density at radius 2 is 2.04 bits per heavy atom. The molecular weight excluding hydrogens is 401 g/mol. The van der Waals surface area contributed by atoms with E-state index in [0.717, 1.165) is 50.2 Å². The second-order valence-electron chi connectivity index (χ2n) is 6.20. The van der Waals surface area contributed by atoms with Gasteiger partial charge >= 0.3 is 0 Å². The number of rotatable bonds is 7. The summed E-state index contributed by atoms with van der Waals surface area (Å²) in [5.74, 6) is 0.892. The van der Waals surface area contributed by atoms with E-state index >= 15 is 0 Å². The molecule has 1 atom stereocenters. The Kier molecular flexibility index (Phi) is 10.5. The van der Waals surface area contributed by atoms with Crippen molar-refractivity contribution in [1.82, 2.24) is 10.2 Å². The molecule has 8 heteroatoms. The number of thioether (sulfide) groups is 1. The summed E-state index contributed by atoms with van der Waals surface area (Å²) >= 11 is 13.7. The zero-order valence-corrected chi connectivity index (χ0v) is 17.5. The van der Waals surface area contributed by atoms with Crippen LogP contribution >= 0.6 is 47.4 Å². The summed E-state index contributed by atoms with van der Waals surface area (Å²) < 4.78 is 0. The predicted octanol–water partition coefficient (Wildman–Crippen LogP) is 3.58. The van der Waals surface area contributed by atoms with Crippen LogP contribution in [0.4, 0.5) is 0 Å². The van der Waals surface area contributed by atoms with Crippen molar-refractivity contribution in [3.8, 4) is 0 Å². The number of halogens is 3. The van der Waals surface area contributed by atoms with Gasteiger partial charge in [-0.25, -0.2) is 0 Å². The second kappa shape index (κ2) is 11.5. The third kappa shape index (κ3) is 7.53. The van der Waals surface area contributed by atoms with Crippen LogP contribution in [-0.2, 0) is 11.3 Å². The molecule has 0 bridgehead atoms. The first kappa shape index (κ1) is 22.9. The van der Waals surface area contributed by atoms with Crippen LogP contribution in [0.15, 0.2) is 18.2 Å². The van der Waals surface area contributed by atoms with Crippen molar-refractivity contribution >= 4 is 53.3 Å². The molecule has 0 aliphatic carbocycles. The lowest BCUT2D eigenvalue weighted by molar-refractivity contribution is -0.123. The largest absolute Gasteiger partial charge is 0.352 e. The van der Waals surface area contributed by atoms with Gasteiger partial charge in [0.25, 0.3) is 0 Å². The maximum atomic E-state index is 12.1. The van der Waals surface area contributed by atoms with Crippen LogP contribution < -0.4 is 11.1 Å². The first-order valence-electron chi connectivity index (χ1n) is 8.20. The van der Waals surface area contributed by atoms with E-state index in [0.29, 0.717) is 10.0 Å². The number of hydrogen-bond donors (Lipinski definition) is 2. The summed E-state index contributed by atoms with van der Waals surface area (Å²) in [7, 11) is 0. The van der Waals surface area contributed by atoms with Crippen LogP contribution in [0.3, 0.4) is 0 Å². The van der Waals surface area contributed by atoms with Crippen molar-refractivity contribution in [2.75, 3.05) is 25.1 Å². The van der Waals surface area contributed by atoms with Gasteiger partial charge in [-0.15, -0.1) is 12.4 Å². The number of carbonyl (C=O) groups is 1. The van der Waals surface area contributed by atoms with E-state index in [1.54, 1.807) is 11.8 Å². The minimum atomic E-state index is -0.397. The molecule has 1 aliphatic heterocycles. The van der Waals surface area contributed by atoms with Gasteiger partial charge in [0, 0.05) is 25.7 Å². The van der Waals surface area contributed by atoms with E-state index in [-0.39, 0.29) is 24.4 Å². The van der Waals surface area contributed by atoms with E-state index in [4.69, 9.17) is 28.9 Å². The van der Waals surface area contributed by atoms with Gasteiger partial charge in [-0.3, -0.25) is 9.69 Å². The lowest BCUT2D eigenvalue weighted by atomic mass is 10.0. The number of piperidine rings is 1. The van der Waals surface area contributed by atoms with Gasteiger partial charge in [0.15, 0.2) is 0 Å². The number of nitrogens with two attached hydrogens (primary N) is 1. The standard InChI is InChI=1S/C17H25Cl2N3OS.ClH/c1-24-9-6-16(20)17(23)21-13-4-7-22(8-5-13)11-12-2-3-14(18)15(19)10-12;/h2-3,10,13,16H,4-9,11,20H2,1H3,(H,21,23);1H/t16-;/m0./s1. The predicted molar refractivity (Wildman–Crippen MR) is 111 cm³/mol. The highest BCUT2D eigenvalue weighted by Gasteiger charge is 2.23. The van der Waals surface area contributed by atoms with Crippen molar-refractivity contribution in [2.45, 2.75) is 37.9 Å². The maximum absolute atomic E-state index is 12.1. The fourth-order valence-corrected chi connectivity index (χ4v) is 3.63. The van der Waals surface area contributed by atoms with Gasteiger partial charge in [-0.1, -0.05) is 29.3 Å². The highest BCUT2D eigenvalue weighted by atomic mass is 35.5. The summed E-state index contributed by atoms with van der Waals surface area (Å²) in [5, 5.41) is 4.27. The molecule has 3 N–H and O–H groups in total. The molecule has 1 saturated heterocycles. The number of likely N-dealkylation sites (tertiary alicyclic amines) is 1. The molecule has 1 amide bonds. The number of amides is 1. The SMILES string of the molecule is CSCC[C@H](N)C(=O)NC1CCN(Cc2ccc(Cl)c(Cl)c2)CC1.Cl. The van der Waals surface area contributed by atoms with Crippen LogP contribution in [0, 0.1) is 0 Å². The quantitative estimate of drug-likeness (QED) is 0.699. The number of hydrogen-bond acceptors (Lipinski definition) is 4. The Morgan fingerprint density at radius 3 is 2.64 bits per heavy atom. The summed E-state index contributed by atoms with van der Waals surface area (Å²) in [6.45, 7) is 2.75. The maximum Gasteiger partial charge on any atom is 0.237 e. The fraction of sp³-hybridized carbons (Fsp3) is 0.588. The van der Waals surface area contributed by atoms with Crippen molar-refractivity contribution in [3.63, 3.8) is 0 Å². The number of benzene rings is 1. The summed E-state index contributed by atoms with van der Waals surface area (Å²) in [6, 6.07) is 5.59.